The predicted molar refractivity (Wildman–Crippen MR) is 65.4 cm³/mol. The average molecular weight is 241 g/mol. The molecule has 0 aromatic carbocycles. The maximum Gasteiger partial charge on any atom is 0.321 e. The summed E-state index contributed by atoms with van der Waals surface area (Å²) in [6, 6.07) is 0. The Hall–Kier alpha value is -1.06. The van der Waals surface area contributed by atoms with Crippen LogP contribution in [0.1, 0.15) is 46.5 Å². The maximum absolute atomic E-state index is 12.0. The minimum Gasteiger partial charge on any atom is -0.468 e. The van der Waals surface area contributed by atoms with Crippen molar-refractivity contribution >= 4 is 11.9 Å². The predicted octanol–water partition coefficient (Wildman–Crippen LogP) is 1.88. The van der Waals surface area contributed by atoms with Gasteiger partial charge >= 0.3 is 5.97 Å². The van der Waals surface area contributed by atoms with Gasteiger partial charge in [0.1, 0.15) is 5.41 Å². The second kappa shape index (κ2) is 5.07. The first-order valence-corrected chi connectivity index (χ1v) is 6.18. The Labute approximate surface area is 103 Å². The molecule has 0 radical (unpaired) electrons. The minimum absolute atomic E-state index is 0.167. The van der Waals surface area contributed by atoms with Gasteiger partial charge in [-0.3, -0.25) is 9.59 Å². The van der Waals surface area contributed by atoms with Gasteiger partial charge in [0.15, 0.2) is 0 Å². The van der Waals surface area contributed by atoms with Crippen LogP contribution in [0.5, 0.6) is 0 Å². The van der Waals surface area contributed by atoms with E-state index in [4.69, 9.17) is 4.74 Å². The van der Waals surface area contributed by atoms with Crippen molar-refractivity contribution in [2.24, 2.45) is 10.8 Å². The van der Waals surface area contributed by atoms with Crippen molar-refractivity contribution < 1.29 is 14.3 Å². The number of nitrogens with one attached hydrogen (secondary N) is 1. The Morgan fingerprint density at radius 1 is 1.29 bits per heavy atom. The smallest absolute Gasteiger partial charge is 0.321 e. The number of carbonyl (C=O) groups excluding carboxylic acids is 2. The molecule has 98 valence electrons. The van der Waals surface area contributed by atoms with E-state index in [0.29, 0.717) is 19.4 Å². The normalized spacial score (nSPS) is 18.1. The summed E-state index contributed by atoms with van der Waals surface area (Å²) in [5.74, 6) is -0.558. The third kappa shape index (κ3) is 3.20. The third-order valence-corrected chi connectivity index (χ3v) is 3.38. The van der Waals surface area contributed by atoms with Crippen LogP contribution in [-0.4, -0.2) is 25.5 Å². The van der Waals surface area contributed by atoms with E-state index in [1.54, 1.807) is 0 Å². The van der Waals surface area contributed by atoms with E-state index < -0.39 is 11.4 Å². The van der Waals surface area contributed by atoms with Crippen LogP contribution in [0.25, 0.3) is 0 Å². The van der Waals surface area contributed by atoms with Gasteiger partial charge in [0.2, 0.25) is 5.91 Å². The lowest BCUT2D eigenvalue weighted by Gasteiger charge is -2.37. The Kier molecular flexibility index (Phi) is 4.17. The van der Waals surface area contributed by atoms with Crippen LogP contribution in [0.2, 0.25) is 0 Å². The van der Waals surface area contributed by atoms with Crippen LogP contribution in [-0.2, 0) is 14.3 Å². The van der Waals surface area contributed by atoms with Gasteiger partial charge in [0.05, 0.1) is 7.11 Å². The van der Waals surface area contributed by atoms with Gasteiger partial charge in [0.25, 0.3) is 0 Å². The van der Waals surface area contributed by atoms with E-state index in [0.717, 1.165) is 12.8 Å². The molecule has 0 aliphatic heterocycles. The van der Waals surface area contributed by atoms with Crippen molar-refractivity contribution in [1.82, 2.24) is 5.32 Å². The van der Waals surface area contributed by atoms with Crippen LogP contribution < -0.4 is 5.32 Å². The monoisotopic (exact) mass is 241 g/mol. The number of amides is 1. The van der Waals surface area contributed by atoms with Crippen LogP contribution in [0.3, 0.4) is 0 Å². The molecule has 4 heteroatoms. The molecule has 1 amide bonds. The molecule has 1 rings (SSSR count). The summed E-state index contributed by atoms with van der Waals surface area (Å²) in [5.41, 5.74) is -0.710. The number of rotatable bonds is 4. The molecular weight excluding hydrogens is 218 g/mol. The van der Waals surface area contributed by atoms with E-state index in [1.807, 2.05) is 0 Å². The molecule has 1 N–H and O–H groups in total. The highest BCUT2D eigenvalue weighted by atomic mass is 16.5. The van der Waals surface area contributed by atoms with Crippen molar-refractivity contribution in [2.45, 2.75) is 46.5 Å². The van der Waals surface area contributed by atoms with Crippen LogP contribution in [0.15, 0.2) is 0 Å². The van der Waals surface area contributed by atoms with Gasteiger partial charge in [-0.05, 0) is 24.7 Å². The molecule has 4 nitrogen and oxygen atoms in total. The van der Waals surface area contributed by atoms with Crippen LogP contribution in [0.4, 0.5) is 0 Å². The fourth-order valence-electron chi connectivity index (χ4n) is 1.97. The molecular formula is C13H23NO3. The molecule has 0 saturated heterocycles. The largest absolute Gasteiger partial charge is 0.468 e. The van der Waals surface area contributed by atoms with Gasteiger partial charge < -0.3 is 10.1 Å². The second-order valence-corrected chi connectivity index (χ2v) is 5.99. The highest BCUT2D eigenvalue weighted by Gasteiger charge is 2.51. The van der Waals surface area contributed by atoms with E-state index in [2.05, 4.69) is 26.1 Å². The molecule has 1 aliphatic carbocycles. The molecule has 17 heavy (non-hydrogen) atoms. The number of methoxy groups -OCH3 is 1. The lowest BCUT2D eigenvalue weighted by molar-refractivity contribution is -0.165. The van der Waals surface area contributed by atoms with E-state index in [-0.39, 0.29) is 11.3 Å². The average Bonchev–Trinajstić information content (AvgIpc) is 2.13. The highest BCUT2D eigenvalue weighted by Crippen LogP contribution is 2.42. The molecule has 1 fully saturated rings. The standard InChI is InChI=1S/C13H23NO3/c1-12(2,3)8-9-14-10(15)13(6-5-7-13)11(16)17-4/h5-9H2,1-4H3,(H,14,15). The molecule has 0 unspecified atom stereocenters. The third-order valence-electron chi connectivity index (χ3n) is 3.38. The van der Waals surface area contributed by atoms with Crippen LogP contribution in [0, 0.1) is 10.8 Å². The number of esters is 1. The topological polar surface area (TPSA) is 55.4 Å². The summed E-state index contributed by atoms with van der Waals surface area (Å²) in [5, 5.41) is 2.86. The van der Waals surface area contributed by atoms with Crippen LogP contribution >= 0.6 is 0 Å². The lowest BCUT2D eigenvalue weighted by atomic mass is 9.68. The molecule has 0 aromatic rings. The first kappa shape index (κ1) is 14.0. The van der Waals surface area contributed by atoms with Gasteiger partial charge in [0, 0.05) is 6.54 Å². The van der Waals surface area contributed by atoms with Crippen molar-refractivity contribution in [2.75, 3.05) is 13.7 Å². The van der Waals surface area contributed by atoms with Gasteiger partial charge in [-0.25, -0.2) is 0 Å². The van der Waals surface area contributed by atoms with E-state index in [9.17, 15) is 9.59 Å². The molecule has 0 spiro atoms. The minimum atomic E-state index is -0.896. The highest BCUT2D eigenvalue weighted by molar-refractivity contribution is 6.03. The summed E-state index contributed by atoms with van der Waals surface area (Å²) >= 11 is 0. The summed E-state index contributed by atoms with van der Waals surface area (Å²) in [6.45, 7) is 6.98. The molecule has 0 atom stereocenters. The Morgan fingerprint density at radius 3 is 2.24 bits per heavy atom. The van der Waals surface area contributed by atoms with Crippen molar-refractivity contribution in [1.29, 1.82) is 0 Å². The van der Waals surface area contributed by atoms with E-state index >= 15 is 0 Å². The first-order valence-electron chi connectivity index (χ1n) is 6.18. The number of hydrogen-bond donors (Lipinski definition) is 1. The molecule has 0 heterocycles. The number of carbonyl (C=O) groups is 2. The zero-order valence-electron chi connectivity index (χ0n) is 11.3. The zero-order chi connectivity index (χ0) is 13.1. The SMILES string of the molecule is COC(=O)C1(C(=O)NCCC(C)(C)C)CCC1. The molecule has 0 bridgehead atoms. The molecule has 0 aromatic heterocycles. The zero-order valence-corrected chi connectivity index (χ0v) is 11.3. The summed E-state index contributed by atoms with van der Waals surface area (Å²) in [7, 11) is 1.34. The fourth-order valence-corrected chi connectivity index (χ4v) is 1.97. The first-order chi connectivity index (χ1) is 7.82. The summed E-state index contributed by atoms with van der Waals surface area (Å²) < 4.78 is 4.73. The molecule has 1 saturated carbocycles. The Balaban J connectivity index is 2.48. The van der Waals surface area contributed by atoms with Crippen molar-refractivity contribution in [3.05, 3.63) is 0 Å². The van der Waals surface area contributed by atoms with Crippen molar-refractivity contribution in [3.63, 3.8) is 0 Å². The number of hydrogen-bond acceptors (Lipinski definition) is 3. The fraction of sp³-hybridized carbons (Fsp3) is 0.846. The summed E-state index contributed by atoms with van der Waals surface area (Å²) in [4.78, 5) is 23.7. The Morgan fingerprint density at radius 2 is 1.88 bits per heavy atom. The molecule has 1 aliphatic rings. The van der Waals surface area contributed by atoms with Gasteiger partial charge in [-0.15, -0.1) is 0 Å². The second-order valence-electron chi connectivity index (χ2n) is 5.99. The van der Waals surface area contributed by atoms with E-state index in [1.165, 1.54) is 7.11 Å². The lowest BCUT2D eigenvalue weighted by Crippen LogP contribution is -2.51. The summed E-state index contributed by atoms with van der Waals surface area (Å²) in [6.07, 6.45) is 3.04. The van der Waals surface area contributed by atoms with Gasteiger partial charge in [-0.2, -0.15) is 0 Å². The van der Waals surface area contributed by atoms with Crippen molar-refractivity contribution in [3.8, 4) is 0 Å². The maximum atomic E-state index is 12.0. The van der Waals surface area contributed by atoms with Gasteiger partial charge in [-0.1, -0.05) is 27.2 Å². The number of ether oxygens (including phenoxy) is 1. The quantitative estimate of drug-likeness (QED) is 0.604. The Bertz CT molecular complexity index is 300.